The molecule has 4 aliphatic rings. The maximum Gasteiger partial charge on any atom is 0.352 e. The van der Waals surface area contributed by atoms with Gasteiger partial charge in [-0.05, 0) is 76.9 Å². The lowest BCUT2D eigenvalue weighted by atomic mass is 9.50. The van der Waals surface area contributed by atoms with Gasteiger partial charge >= 0.3 is 11.9 Å². The summed E-state index contributed by atoms with van der Waals surface area (Å²) in [6.07, 6.45) is 2.85. The molecule has 1 fully saturated rings. The monoisotopic (exact) mass is 628 g/mol. The Morgan fingerprint density at radius 3 is 2.73 bits per heavy atom. The van der Waals surface area contributed by atoms with E-state index < -0.39 is 47.1 Å². The molecule has 5 rings (SSSR count). The number of hydrogen-bond donors (Lipinski definition) is 4. The average molecular weight is 629 g/mol. The highest BCUT2D eigenvalue weighted by atomic mass is 16.6. The molecule has 13 heteroatoms. The zero-order valence-corrected chi connectivity index (χ0v) is 26.4. The maximum absolute atomic E-state index is 13.2. The second-order valence-electron chi connectivity index (χ2n) is 12.4. The maximum atomic E-state index is 13.2. The Bertz CT molecular complexity index is 1380. The Morgan fingerprint density at radius 2 is 2.02 bits per heavy atom. The first-order valence-electron chi connectivity index (χ1n) is 15.6. The van der Waals surface area contributed by atoms with Gasteiger partial charge in [-0.3, -0.25) is 14.4 Å². The van der Waals surface area contributed by atoms with E-state index in [1.165, 1.54) is 13.8 Å². The van der Waals surface area contributed by atoms with E-state index in [-0.39, 0.29) is 37.1 Å². The summed E-state index contributed by atoms with van der Waals surface area (Å²) in [4.78, 5) is 52.0. The molecule has 0 radical (unpaired) electrons. The molecule has 2 bridgehead atoms. The fourth-order valence-electron chi connectivity index (χ4n) is 7.51. The number of aliphatic hydroxyl groups is 1. The Kier molecular flexibility index (Phi) is 9.43. The van der Waals surface area contributed by atoms with Crippen molar-refractivity contribution in [1.29, 1.82) is 0 Å². The number of piperidine rings is 1. The molecule has 1 saturated heterocycles. The van der Waals surface area contributed by atoms with Gasteiger partial charge in [0.2, 0.25) is 11.8 Å². The minimum absolute atomic E-state index is 0.0351. The fourth-order valence-corrected chi connectivity index (χ4v) is 7.51. The zero-order valence-electron chi connectivity index (χ0n) is 26.4. The summed E-state index contributed by atoms with van der Waals surface area (Å²) in [5.74, 6) is -0.844. The number of ether oxygens (including phenoxy) is 4. The third kappa shape index (κ3) is 5.77. The molecule has 2 aliphatic carbocycles. The van der Waals surface area contributed by atoms with Crippen LogP contribution in [0.25, 0.3) is 0 Å². The molecule has 0 unspecified atom stereocenters. The van der Waals surface area contributed by atoms with Crippen LogP contribution in [0.2, 0.25) is 0 Å². The third-order valence-electron chi connectivity index (χ3n) is 9.69. The highest BCUT2D eigenvalue weighted by Crippen LogP contribution is 2.65. The van der Waals surface area contributed by atoms with Crippen LogP contribution in [0.4, 0.5) is 0 Å². The molecule has 6 atom stereocenters. The van der Waals surface area contributed by atoms with Crippen LogP contribution >= 0.6 is 0 Å². The van der Waals surface area contributed by atoms with Crippen LogP contribution in [0.5, 0.6) is 11.5 Å². The van der Waals surface area contributed by atoms with Crippen molar-refractivity contribution in [3.05, 3.63) is 35.1 Å². The van der Waals surface area contributed by atoms with Gasteiger partial charge < -0.3 is 45.3 Å². The number of carbonyl (C=O) groups is 4. The van der Waals surface area contributed by atoms with Crippen LogP contribution in [0, 0.1) is 0 Å². The number of nitrogens with zero attached hydrogens (tertiary/aromatic N) is 1. The number of esters is 2. The summed E-state index contributed by atoms with van der Waals surface area (Å²) in [5, 5.41) is 17.5. The molecule has 5 N–H and O–H groups in total. The highest BCUT2D eigenvalue weighted by Gasteiger charge is 2.72. The number of likely N-dealkylation sites (tertiary alicyclic amines) is 1. The Balaban J connectivity index is 1.22. The molecule has 2 heterocycles. The van der Waals surface area contributed by atoms with E-state index in [0.29, 0.717) is 43.7 Å². The molecule has 1 aromatic rings. The lowest BCUT2D eigenvalue weighted by Crippen LogP contribution is -2.74. The molecule has 1 aromatic carbocycles. The number of amides is 2. The van der Waals surface area contributed by atoms with E-state index >= 15 is 0 Å². The van der Waals surface area contributed by atoms with Gasteiger partial charge in [-0.25, -0.2) is 4.79 Å². The van der Waals surface area contributed by atoms with Crippen molar-refractivity contribution in [1.82, 2.24) is 15.5 Å². The summed E-state index contributed by atoms with van der Waals surface area (Å²) in [6.45, 7) is 3.92. The van der Waals surface area contributed by atoms with E-state index in [9.17, 15) is 24.3 Å². The van der Waals surface area contributed by atoms with E-state index in [1.807, 2.05) is 19.2 Å². The first-order chi connectivity index (χ1) is 21.5. The predicted molar refractivity (Wildman–Crippen MR) is 161 cm³/mol. The summed E-state index contributed by atoms with van der Waals surface area (Å²) in [7, 11) is 3.58. The number of methoxy groups -OCH3 is 1. The Hall–Kier alpha value is -3.68. The summed E-state index contributed by atoms with van der Waals surface area (Å²) in [5.41, 5.74) is 5.54. The summed E-state index contributed by atoms with van der Waals surface area (Å²) < 4.78 is 23.3. The number of likely N-dealkylation sites (N-methyl/N-ethyl adjacent to an activating group) is 1. The highest BCUT2D eigenvalue weighted by molar-refractivity contribution is 5.87. The second kappa shape index (κ2) is 13.0. The topological polar surface area (TPSA) is 179 Å². The number of carbonyl (C=O) groups excluding carboxylic acids is 4. The van der Waals surface area contributed by atoms with Gasteiger partial charge in [0.15, 0.2) is 23.7 Å². The molecular formula is C32H44N4O9. The van der Waals surface area contributed by atoms with Gasteiger partial charge in [0.1, 0.15) is 11.8 Å². The lowest BCUT2D eigenvalue weighted by molar-refractivity contribution is -0.175. The molecular weight excluding hydrogens is 584 g/mol. The number of hydrogen-bond acceptors (Lipinski definition) is 11. The number of unbranched alkanes of at least 4 members (excludes halogenated alkanes) is 1. The van der Waals surface area contributed by atoms with Gasteiger partial charge in [0.25, 0.3) is 0 Å². The number of nitrogens with two attached hydrogens (primary N) is 1. The number of benzene rings is 1. The van der Waals surface area contributed by atoms with Crippen LogP contribution in [0.15, 0.2) is 24.0 Å². The van der Waals surface area contributed by atoms with Crippen LogP contribution in [0.3, 0.4) is 0 Å². The quantitative estimate of drug-likeness (QED) is 0.177. The van der Waals surface area contributed by atoms with Gasteiger partial charge in [0, 0.05) is 31.5 Å². The first kappa shape index (κ1) is 32.7. The molecule has 0 saturated carbocycles. The third-order valence-corrected chi connectivity index (χ3v) is 9.69. The normalized spacial score (nSPS) is 27.2. The molecule has 2 amide bonds. The van der Waals surface area contributed by atoms with Gasteiger partial charge in [0.05, 0.1) is 24.5 Å². The second-order valence-corrected chi connectivity index (χ2v) is 12.4. The van der Waals surface area contributed by atoms with Crippen molar-refractivity contribution < 1.29 is 43.2 Å². The van der Waals surface area contributed by atoms with Gasteiger partial charge in [-0.2, -0.15) is 0 Å². The van der Waals surface area contributed by atoms with Crippen molar-refractivity contribution in [2.45, 2.75) is 94.1 Å². The number of nitrogens with one attached hydrogen (secondary N) is 2. The van der Waals surface area contributed by atoms with Gasteiger partial charge in [-0.15, -0.1) is 0 Å². The molecule has 45 heavy (non-hydrogen) atoms. The Labute approximate surface area is 262 Å². The number of rotatable bonds is 13. The minimum Gasteiger partial charge on any atom is -0.493 e. The largest absolute Gasteiger partial charge is 0.493 e. The van der Waals surface area contributed by atoms with Crippen molar-refractivity contribution in [2.24, 2.45) is 5.73 Å². The Morgan fingerprint density at radius 1 is 1.24 bits per heavy atom. The van der Waals surface area contributed by atoms with Crippen LogP contribution < -0.4 is 25.8 Å². The first-order valence-corrected chi connectivity index (χ1v) is 15.6. The average Bonchev–Trinajstić information content (AvgIpc) is 3.35. The van der Waals surface area contributed by atoms with Crippen molar-refractivity contribution in [3.63, 3.8) is 0 Å². The van der Waals surface area contributed by atoms with Crippen molar-refractivity contribution in [2.75, 3.05) is 33.8 Å². The molecule has 246 valence electrons. The SMILES string of the molecule is COc1ccc2c3c1O[C@H]1C(OC(=O)[C@H](C)OC(=O)CCNC(=O)[C@H](CCCCN)NC(C)=O)=CC[C@@]4(O)[C@H](C2)N(C)CC[C@]314. The molecule has 1 spiro atoms. The molecule has 13 nitrogen and oxygen atoms in total. The lowest BCUT2D eigenvalue weighted by Gasteiger charge is -2.61. The van der Waals surface area contributed by atoms with E-state index in [4.69, 9.17) is 24.7 Å². The smallest absolute Gasteiger partial charge is 0.352 e. The minimum atomic E-state index is -1.23. The standard InChI is InChI=1S/C32H44N4O9/c1-18(43-25(38)11-15-34-29(39)21(35-19(2)37)7-5-6-14-33)30(40)44-23-10-12-32(41)24-17-20-8-9-22(42-4)27-26(20)31(32,28(23)45-27)13-16-36(24)3/h8-10,18,21,24,28,41H,5-7,11-17,33H2,1-4H3,(H,34,39)(H,35,37)/t18-,21-,24-,28-,31-,32+/m0/s1. The summed E-state index contributed by atoms with van der Waals surface area (Å²) in [6, 6.07) is 3.01. The fraction of sp³-hybridized carbons (Fsp3) is 0.625. The van der Waals surface area contributed by atoms with Crippen LogP contribution in [-0.4, -0.2) is 97.4 Å². The van der Waals surface area contributed by atoms with E-state index in [0.717, 1.165) is 24.1 Å². The zero-order chi connectivity index (χ0) is 32.5. The van der Waals surface area contributed by atoms with E-state index in [1.54, 1.807) is 13.2 Å². The predicted octanol–water partition coefficient (Wildman–Crippen LogP) is 0.588. The summed E-state index contributed by atoms with van der Waals surface area (Å²) >= 11 is 0. The molecule has 0 aromatic heterocycles. The van der Waals surface area contributed by atoms with Crippen molar-refractivity contribution >= 4 is 23.8 Å². The molecule has 2 aliphatic heterocycles. The van der Waals surface area contributed by atoms with Crippen molar-refractivity contribution in [3.8, 4) is 11.5 Å². The van der Waals surface area contributed by atoms with Crippen LogP contribution in [0.1, 0.15) is 63.5 Å². The van der Waals surface area contributed by atoms with Gasteiger partial charge in [-0.1, -0.05) is 6.07 Å². The van der Waals surface area contributed by atoms with Crippen LogP contribution in [-0.2, 0) is 40.5 Å². The van der Waals surface area contributed by atoms with E-state index in [2.05, 4.69) is 15.5 Å².